The predicted octanol–water partition coefficient (Wildman–Crippen LogP) is 2.77. The SMILES string of the molecule is CCC/C=C/C(=O)OC(=O)/C=C/CCC. The van der Waals surface area contributed by atoms with E-state index in [9.17, 15) is 9.59 Å². The third kappa shape index (κ3) is 8.94. The summed E-state index contributed by atoms with van der Waals surface area (Å²) in [6.45, 7) is 4.02. The average molecular weight is 210 g/mol. The highest BCUT2D eigenvalue weighted by Gasteiger charge is 2.02. The van der Waals surface area contributed by atoms with Gasteiger partial charge in [0.2, 0.25) is 0 Å². The molecule has 3 heteroatoms. The third-order valence-corrected chi connectivity index (χ3v) is 1.62. The number of rotatable bonds is 6. The van der Waals surface area contributed by atoms with Crippen LogP contribution in [0.15, 0.2) is 24.3 Å². The molecule has 0 fully saturated rings. The summed E-state index contributed by atoms with van der Waals surface area (Å²) in [4.78, 5) is 22.0. The Labute approximate surface area is 90.8 Å². The van der Waals surface area contributed by atoms with Crippen molar-refractivity contribution in [1.29, 1.82) is 0 Å². The van der Waals surface area contributed by atoms with Crippen LogP contribution in [-0.2, 0) is 14.3 Å². The fourth-order valence-electron chi connectivity index (χ4n) is 0.860. The lowest BCUT2D eigenvalue weighted by molar-refractivity contribution is -0.152. The Morgan fingerprint density at radius 3 is 1.67 bits per heavy atom. The van der Waals surface area contributed by atoms with E-state index in [1.807, 2.05) is 13.8 Å². The highest BCUT2D eigenvalue weighted by molar-refractivity contribution is 5.96. The molecule has 0 rings (SSSR count). The normalized spacial score (nSPS) is 11.1. The molecular weight excluding hydrogens is 192 g/mol. The number of hydrogen-bond acceptors (Lipinski definition) is 3. The van der Waals surface area contributed by atoms with Gasteiger partial charge in [-0.3, -0.25) is 0 Å². The zero-order chi connectivity index (χ0) is 11.5. The van der Waals surface area contributed by atoms with Crippen LogP contribution in [0, 0.1) is 0 Å². The van der Waals surface area contributed by atoms with Gasteiger partial charge in [0.05, 0.1) is 0 Å². The zero-order valence-corrected chi connectivity index (χ0v) is 9.36. The number of carbonyl (C=O) groups is 2. The van der Waals surface area contributed by atoms with Gasteiger partial charge in [-0.2, -0.15) is 0 Å². The van der Waals surface area contributed by atoms with Crippen LogP contribution in [0.3, 0.4) is 0 Å². The molecule has 0 radical (unpaired) electrons. The smallest absolute Gasteiger partial charge is 0.338 e. The maximum Gasteiger partial charge on any atom is 0.338 e. The lowest BCUT2D eigenvalue weighted by Gasteiger charge is -1.93. The minimum Gasteiger partial charge on any atom is -0.387 e. The van der Waals surface area contributed by atoms with Crippen LogP contribution < -0.4 is 0 Å². The number of unbranched alkanes of at least 4 members (excludes halogenated alkanes) is 2. The Bertz CT molecular complexity index is 226. The fourth-order valence-corrected chi connectivity index (χ4v) is 0.860. The molecule has 84 valence electrons. The monoisotopic (exact) mass is 210 g/mol. The molecule has 0 heterocycles. The van der Waals surface area contributed by atoms with Crippen molar-refractivity contribution in [2.24, 2.45) is 0 Å². The molecule has 0 amide bonds. The summed E-state index contributed by atoms with van der Waals surface area (Å²) in [5, 5.41) is 0. The van der Waals surface area contributed by atoms with Crippen LogP contribution in [0.25, 0.3) is 0 Å². The van der Waals surface area contributed by atoms with Crippen molar-refractivity contribution in [2.45, 2.75) is 39.5 Å². The Kier molecular flexibility index (Phi) is 8.34. The first-order valence-electron chi connectivity index (χ1n) is 5.29. The van der Waals surface area contributed by atoms with Gasteiger partial charge in [-0.1, -0.05) is 38.8 Å². The van der Waals surface area contributed by atoms with Crippen molar-refractivity contribution in [3.05, 3.63) is 24.3 Å². The quantitative estimate of drug-likeness (QED) is 0.384. The van der Waals surface area contributed by atoms with Gasteiger partial charge in [-0.05, 0) is 12.8 Å². The maximum atomic E-state index is 11.0. The van der Waals surface area contributed by atoms with E-state index in [1.165, 1.54) is 12.2 Å². The van der Waals surface area contributed by atoms with Gasteiger partial charge in [0.25, 0.3) is 0 Å². The van der Waals surface area contributed by atoms with Crippen molar-refractivity contribution < 1.29 is 14.3 Å². The first-order chi connectivity index (χ1) is 7.20. The maximum absolute atomic E-state index is 11.0. The average Bonchev–Trinajstić information content (AvgIpc) is 2.18. The van der Waals surface area contributed by atoms with E-state index in [4.69, 9.17) is 0 Å². The highest BCUT2D eigenvalue weighted by atomic mass is 16.6. The summed E-state index contributed by atoms with van der Waals surface area (Å²) in [5.74, 6) is -1.20. The molecule has 0 saturated carbocycles. The summed E-state index contributed by atoms with van der Waals surface area (Å²) in [7, 11) is 0. The van der Waals surface area contributed by atoms with E-state index in [0.717, 1.165) is 25.7 Å². The second kappa shape index (κ2) is 9.19. The Balaban J connectivity index is 3.81. The third-order valence-electron chi connectivity index (χ3n) is 1.62. The molecule has 15 heavy (non-hydrogen) atoms. The molecule has 0 unspecified atom stereocenters. The Morgan fingerprint density at radius 2 is 1.33 bits per heavy atom. The van der Waals surface area contributed by atoms with Crippen molar-refractivity contribution >= 4 is 11.9 Å². The lowest BCUT2D eigenvalue weighted by Crippen LogP contribution is -2.06. The number of carbonyl (C=O) groups excluding carboxylic acids is 2. The van der Waals surface area contributed by atoms with Crippen LogP contribution >= 0.6 is 0 Å². The van der Waals surface area contributed by atoms with E-state index < -0.39 is 11.9 Å². The zero-order valence-electron chi connectivity index (χ0n) is 9.36. The molecular formula is C12H18O3. The molecule has 0 aromatic heterocycles. The molecule has 0 aliphatic heterocycles. The largest absolute Gasteiger partial charge is 0.387 e. The van der Waals surface area contributed by atoms with Crippen molar-refractivity contribution in [2.75, 3.05) is 0 Å². The number of allylic oxidation sites excluding steroid dienone is 2. The van der Waals surface area contributed by atoms with Gasteiger partial charge >= 0.3 is 11.9 Å². The number of esters is 2. The van der Waals surface area contributed by atoms with Crippen LogP contribution in [0.2, 0.25) is 0 Å². The molecule has 0 atom stereocenters. The van der Waals surface area contributed by atoms with Crippen LogP contribution in [0.5, 0.6) is 0 Å². The second-order valence-corrected chi connectivity index (χ2v) is 3.12. The molecule has 0 saturated heterocycles. The van der Waals surface area contributed by atoms with Gasteiger partial charge in [0, 0.05) is 12.2 Å². The molecule has 0 aliphatic carbocycles. The van der Waals surface area contributed by atoms with Gasteiger partial charge < -0.3 is 4.74 Å². The molecule has 0 bridgehead atoms. The van der Waals surface area contributed by atoms with Crippen molar-refractivity contribution in [3.8, 4) is 0 Å². The molecule has 0 aromatic rings. The van der Waals surface area contributed by atoms with Crippen LogP contribution in [0.1, 0.15) is 39.5 Å². The molecule has 3 nitrogen and oxygen atoms in total. The van der Waals surface area contributed by atoms with E-state index >= 15 is 0 Å². The lowest BCUT2D eigenvalue weighted by atomic mass is 10.3. The van der Waals surface area contributed by atoms with Gasteiger partial charge in [-0.25, -0.2) is 9.59 Å². The molecule has 0 aromatic carbocycles. The highest BCUT2D eigenvalue weighted by Crippen LogP contribution is 1.93. The molecule has 0 N–H and O–H groups in total. The minimum atomic E-state index is -0.602. The summed E-state index contributed by atoms with van der Waals surface area (Å²) < 4.78 is 4.49. The van der Waals surface area contributed by atoms with Crippen molar-refractivity contribution in [3.63, 3.8) is 0 Å². The second-order valence-electron chi connectivity index (χ2n) is 3.12. The number of hydrogen-bond donors (Lipinski definition) is 0. The van der Waals surface area contributed by atoms with E-state index in [-0.39, 0.29) is 0 Å². The van der Waals surface area contributed by atoms with Crippen LogP contribution in [0.4, 0.5) is 0 Å². The Hall–Kier alpha value is -1.38. The Morgan fingerprint density at radius 1 is 0.933 bits per heavy atom. The summed E-state index contributed by atoms with van der Waals surface area (Å²) in [6, 6.07) is 0. The fraction of sp³-hybridized carbons (Fsp3) is 0.500. The predicted molar refractivity (Wildman–Crippen MR) is 59.2 cm³/mol. The molecule has 0 aliphatic rings. The summed E-state index contributed by atoms with van der Waals surface area (Å²) in [5.41, 5.74) is 0. The molecule has 0 spiro atoms. The standard InChI is InChI=1S/C12H18O3/c1-3-5-7-9-11(13)15-12(14)10-8-6-4-2/h7-10H,3-6H2,1-2H3/b9-7+,10-8+. The minimum absolute atomic E-state index is 0.602. The first-order valence-corrected chi connectivity index (χ1v) is 5.29. The van der Waals surface area contributed by atoms with Crippen molar-refractivity contribution in [1.82, 2.24) is 0 Å². The van der Waals surface area contributed by atoms with E-state index in [0.29, 0.717) is 0 Å². The van der Waals surface area contributed by atoms with Gasteiger partial charge in [0.15, 0.2) is 0 Å². The summed E-state index contributed by atoms with van der Waals surface area (Å²) in [6.07, 6.45) is 9.53. The van der Waals surface area contributed by atoms with Gasteiger partial charge in [0.1, 0.15) is 0 Å². The van der Waals surface area contributed by atoms with E-state index in [1.54, 1.807) is 12.2 Å². The van der Waals surface area contributed by atoms with E-state index in [2.05, 4.69) is 4.74 Å². The number of ether oxygens (including phenoxy) is 1. The first kappa shape index (κ1) is 13.6. The van der Waals surface area contributed by atoms with Crippen LogP contribution in [-0.4, -0.2) is 11.9 Å². The topological polar surface area (TPSA) is 43.4 Å². The summed E-state index contributed by atoms with van der Waals surface area (Å²) >= 11 is 0. The van der Waals surface area contributed by atoms with Gasteiger partial charge in [-0.15, -0.1) is 0 Å².